The highest BCUT2D eigenvalue weighted by Crippen LogP contribution is 2.39. The minimum absolute atomic E-state index is 0.0372. The highest BCUT2D eigenvalue weighted by molar-refractivity contribution is 7.85. The van der Waals surface area contributed by atoms with E-state index in [2.05, 4.69) is 59.2 Å². The van der Waals surface area contributed by atoms with Gasteiger partial charge in [0.05, 0.1) is 12.6 Å². The molecule has 2 N–H and O–H groups in total. The van der Waals surface area contributed by atoms with Gasteiger partial charge in [-0.05, 0) is 55.3 Å². The van der Waals surface area contributed by atoms with Crippen molar-refractivity contribution in [3.63, 3.8) is 0 Å². The number of halogens is 1. The molecule has 0 saturated carbocycles. The lowest BCUT2D eigenvalue weighted by atomic mass is 9.88. The van der Waals surface area contributed by atoms with Gasteiger partial charge in [-0.15, -0.1) is 0 Å². The Labute approximate surface area is 238 Å². The molecule has 8 nitrogen and oxygen atoms in total. The molecule has 5 rings (SSSR count). The Hall–Kier alpha value is -2.85. The van der Waals surface area contributed by atoms with Gasteiger partial charge in [-0.3, -0.25) is 4.21 Å². The summed E-state index contributed by atoms with van der Waals surface area (Å²) in [5, 5.41) is 15.7. The predicted molar refractivity (Wildman–Crippen MR) is 162 cm³/mol. The largest absolute Gasteiger partial charge is 0.390 e. The summed E-state index contributed by atoms with van der Waals surface area (Å²) in [6.07, 6.45) is 2.92. The molecule has 0 unspecified atom stereocenters. The van der Waals surface area contributed by atoms with Crippen molar-refractivity contribution in [3.05, 3.63) is 42.2 Å². The van der Waals surface area contributed by atoms with E-state index in [1.165, 1.54) is 12.5 Å². The van der Waals surface area contributed by atoms with Crippen LogP contribution in [0.5, 0.6) is 0 Å². The Kier molecular flexibility index (Phi) is 8.03. The van der Waals surface area contributed by atoms with E-state index in [0.29, 0.717) is 48.4 Å². The number of aromatic nitrogens is 3. The number of aliphatic hydroxyl groups is 1. The molecular weight excluding hydrogens is 527 g/mol. The minimum atomic E-state index is -1.71. The Balaban J connectivity index is 1.39. The third-order valence-electron chi connectivity index (χ3n) is 8.40. The summed E-state index contributed by atoms with van der Waals surface area (Å²) in [5.74, 6) is 3.16. The molecule has 0 bridgehead atoms. The number of hydrogen-bond donors (Lipinski definition) is 2. The molecule has 2 aromatic heterocycles. The molecule has 2 fully saturated rings. The van der Waals surface area contributed by atoms with Crippen LogP contribution in [0.4, 0.5) is 27.7 Å². The summed E-state index contributed by atoms with van der Waals surface area (Å²) >= 11 is 0. The van der Waals surface area contributed by atoms with Crippen LogP contribution in [-0.4, -0.2) is 72.7 Å². The van der Waals surface area contributed by atoms with Crippen LogP contribution in [0.15, 0.2) is 36.7 Å². The molecule has 0 spiro atoms. The number of fused-ring (bicyclic) bond motifs is 1. The highest BCUT2D eigenvalue weighted by atomic mass is 32.2. The number of hydrogen-bond acceptors (Lipinski definition) is 8. The van der Waals surface area contributed by atoms with E-state index < -0.39 is 22.6 Å². The van der Waals surface area contributed by atoms with E-state index in [-0.39, 0.29) is 11.8 Å². The van der Waals surface area contributed by atoms with Crippen molar-refractivity contribution in [1.29, 1.82) is 0 Å². The SMILES string of the molecule is CC(C)c1ccc(N2C[C@H](C[S@](=O)C(C)C)[C@H]2C)c2cnc(Nc3ccnc(N4CC[C@@H](O)[C@@](C)(F)C4)n3)cc12. The van der Waals surface area contributed by atoms with Crippen LogP contribution in [0, 0.1) is 5.92 Å². The number of anilines is 4. The first-order valence-corrected chi connectivity index (χ1v) is 15.6. The monoisotopic (exact) mass is 568 g/mol. The summed E-state index contributed by atoms with van der Waals surface area (Å²) in [6.45, 7) is 13.5. The maximum Gasteiger partial charge on any atom is 0.227 e. The van der Waals surface area contributed by atoms with E-state index in [1.807, 2.05) is 20.0 Å². The molecule has 0 radical (unpaired) electrons. The average molecular weight is 569 g/mol. The van der Waals surface area contributed by atoms with Gasteiger partial charge in [0.25, 0.3) is 0 Å². The number of rotatable bonds is 8. The third-order valence-corrected chi connectivity index (χ3v) is 10.2. The molecule has 2 aliphatic heterocycles. The van der Waals surface area contributed by atoms with Crippen LogP contribution in [-0.2, 0) is 10.8 Å². The second-order valence-corrected chi connectivity index (χ2v) is 14.1. The maximum absolute atomic E-state index is 14.8. The molecule has 2 aliphatic rings. The van der Waals surface area contributed by atoms with Crippen molar-refractivity contribution in [2.75, 3.05) is 40.5 Å². The number of nitrogens with one attached hydrogen (secondary N) is 1. The Bertz CT molecular complexity index is 1400. The summed E-state index contributed by atoms with van der Waals surface area (Å²) in [7, 11) is -0.802. The minimum Gasteiger partial charge on any atom is -0.390 e. The fourth-order valence-corrected chi connectivity index (χ4v) is 6.87. The van der Waals surface area contributed by atoms with Gasteiger partial charge < -0.3 is 20.2 Å². The lowest BCUT2D eigenvalue weighted by Gasteiger charge is -2.48. The van der Waals surface area contributed by atoms with Gasteiger partial charge in [0, 0.05) is 70.3 Å². The molecule has 40 heavy (non-hydrogen) atoms. The zero-order valence-corrected chi connectivity index (χ0v) is 25.1. The molecule has 3 aromatic rings. The fraction of sp³-hybridized carbons (Fsp3) is 0.567. The smallest absolute Gasteiger partial charge is 0.227 e. The fourth-order valence-electron chi connectivity index (χ4n) is 5.68. The first-order valence-electron chi connectivity index (χ1n) is 14.2. The van der Waals surface area contributed by atoms with Crippen LogP contribution >= 0.6 is 0 Å². The number of nitrogens with zero attached hydrogens (tertiary/aromatic N) is 5. The van der Waals surface area contributed by atoms with Gasteiger partial charge in [-0.25, -0.2) is 14.4 Å². The van der Waals surface area contributed by atoms with Crippen LogP contribution in [0.3, 0.4) is 0 Å². The first-order chi connectivity index (χ1) is 18.9. The molecule has 0 aliphatic carbocycles. The molecule has 10 heteroatoms. The highest BCUT2D eigenvalue weighted by Gasteiger charge is 2.40. The van der Waals surface area contributed by atoms with Crippen molar-refractivity contribution < 1.29 is 13.7 Å². The van der Waals surface area contributed by atoms with Gasteiger partial charge in [0.2, 0.25) is 5.95 Å². The second kappa shape index (κ2) is 11.2. The van der Waals surface area contributed by atoms with Gasteiger partial charge in [0.1, 0.15) is 11.6 Å². The van der Waals surface area contributed by atoms with Crippen molar-refractivity contribution >= 4 is 44.8 Å². The van der Waals surface area contributed by atoms with E-state index in [9.17, 15) is 13.7 Å². The van der Waals surface area contributed by atoms with E-state index in [0.717, 1.165) is 28.8 Å². The van der Waals surface area contributed by atoms with Crippen molar-refractivity contribution in [2.24, 2.45) is 5.92 Å². The molecule has 4 heterocycles. The standard InChI is InChI=1S/C30H41FN6O2S/c1-18(2)22-7-8-25(37-15-21(20(37)5)16-40(39)19(3)4)24-14-33-28(13-23(22)24)34-27-9-11-32-29(35-27)36-12-10-26(38)30(6,31)17-36/h7-9,11,13-14,18-21,26,38H,10,12,15-17H2,1-6H3,(H,32,33,34,35)/t20-,21-,26-,30+,40+/m1/s1. The summed E-state index contributed by atoms with van der Waals surface area (Å²) < 4.78 is 27.2. The zero-order valence-electron chi connectivity index (χ0n) is 24.3. The first kappa shape index (κ1) is 28.7. The molecule has 0 amide bonds. The van der Waals surface area contributed by atoms with Gasteiger partial charge >= 0.3 is 0 Å². The van der Waals surface area contributed by atoms with E-state index in [1.54, 1.807) is 17.2 Å². The number of pyridine rings is 1. The lowest BCUT2D eigenvalue weighted by Crippen LogP contribution is -2.57. The molecular formula is C30H41FN6O2S. The summed E-state index contributed by atoms with van der Waals surface area (Å²) in [5.41, 5.74) is 0.686. The second-order valence-electron chi connectivity index (χ2n) is 12.1. The maximum atomic E-state index is 14.8. The normalized spacial score (nSPS) is 25.9. The topological polar surface area (TPSA) is 94.5 Å². The third kappa shape index (κ3) is 5.65. The zero-order chi connectivity index (χ0) is 28.8. The molecule has 216 valence electrons. The van der Waals surface area contributed by atoms with Crippen molar-refractivity contribution in [3.8, 4) is 0 Å². The number of piperidine rings is 1. The van der Waals surface area contributed by atoms with Gasteiger partial charge in [-0.1, -0.05) is 33.8 Å². The van der Waals surface area contributed by atoms with Crippen LogP contribution in [0.25, 0.3) is 10.8 Å². The van der Waals surface area contributed by atoms with Crippen LogP contribution in [0.2, 0.25) is 0 Å². The average Bonchev–Trinajstić information content (AvgIpc) is 2.91. The van der Waals surface area contributed by atoms with Crippen LogP contribution < -0.4 is 15.1 Å². The van der Waals surface area contributed by atoms with E-state index >= 15 is 0 Å². The predicted octanol–water partition coefficient (Wildman–Crippen LogP) is 5.17. The Morgan fingerprint density at radius 1 is 1.18 bits per heavy atom. The number of aliphatic hydroxyl groups excluding tert-OH is 1. The number of alkyl halides is 1. The summed E-state index contributed by atoms with van der Waals surface area (Å²) in [4.78, 5) is 17.9. The van der Waals surface area contributed by atoms with E-state index in [4.69, 9.17) is 4.98 Å². The van der Waals surface area contributed by atoms with Gasteiger partial charge in [-0.2, -0.15) is 4.98 Å². The lowest BCUT2D eigenvalue weighted by molar-refractivity contribution is -0.00860. The Morgan fingerprint density at radius 2 is 1.95 bits per heavy atom. The van der Waals surface area contributed by atoms with Gasteiger partial charge in [0.15, 0.2) is 5.67 Å². The van der Waals surface area contributed by atoms with Crippen molar-refractivity contribution in [1.82, 2.24) is 15.0 Å². The quantitative estimate of drug-likeness (QED) is 0.384. The van der Waals surface area contributed by atoms with Crippen molar-refractivity contribution in [2.45, 2.75) is 76.9 Å². The van der Waals surface area contributed by atoms with Crippen LogP contribution in [0.1, 0.15) is 59.4 Å². The number of benzene rings is 1. The molecule has 2 saturated heterocycles. The summed E-state index contributed by atoms with van der Waals surface area (Å²) in [6, 6.07) is 8.56. The Morgan fingerprint density at radius 3 is 2.62 bits per heavy atom. The molecule has 5 atom stereocenters. The molecule has 1 aromatic carbocycles.